The van der Waals surface area contributed by atoms with Crippen molar-refractivity contribution >= 4 is 11.9 Å². The summed E-state index contributed by atoms with van der Waals surface area (Å²) >= 11 is 0. The Morgan fingerprint density at radius 3 is 2.54 bits per heavy atom. The molecule has 6 heteroatoms. The van der Waals surface area contributed by atoms with Crippen LogP contribution in [0.5, 0.6) is 0 Å². The fourth-order valence-electron chi connectivity index (χ4n) is 4.27. The lowest BCUT2D eigenvalue weighted by molar-refractivity contribution is 0.0179. The Bertz CT molecular complexity index is 512. The number of rotatable bonds is 1. The van der Waals surface area contributed by atoms with Crippen molar-refractivity contribution in [3.63, 3.8) is 0 Å². The van der Waals surface area contributed by atoms with Crippen LogP contribution in [0.25, 0.3) is 0 Å². The van der Waals surface area contributed by atoms with E-state index in [9.17, 15) is 4.79 Å². The van der Waals surface area contributed by atoms with E-state index < -0.39 is 5.60 Å². The molecule has 0 aromatic rings. The maximum Gasteiger partial charge on any atom is 0.410 e. The van der Waals surface area contributed by atoms with E-state index in [0.29, 0.717) is 19.1 Å². The number of amides is 1. The summed E-state index contributed by atoms with van der Waals surface area (Å²) in [5, 5.41) is 7.57. The van der Waals surface area contributed by atoms with Crippen molar-refractivity contribution in [1.29, 1.82) is 0 Å². The highest BCUT2D eigenvalue weighted by molar-refractivity contribution is 5.92. The van der Waals surface area contributed by atoms with Crippen molar-refractivity contribution in [3.05, 3.63) is 0 Å². The second-order valence-electron chi connectivity index (χ2n) is 9.04. The number of nitrogens with one attached hydrogen (secondary N) is 2. The second-order valence-corrected chi connectivity index (χ2v) is 9.04. The maximum absolute atomic E-state index is 12.4. The number of aliphatic imine (C=N–C) groups is 1. The molecule has 2 heterocycles. The number of carbonyl (C=O) groups is 1. The van der Waals surface area contributed by atoms with Crippen molar-refractivity contribution in [2.75, 3.05) is 26.2 Å². The van der Waals surface area contributed by atoms with E-state index in [-0.39, 0.29) is 11.6 Å². The molecule has 1 saturated heterocycles. The van der Waals surface area contributed by atoms with Gasteiger partial charge in [-0.05, 0) is 59.4 Å². The van der Waals surface area contributed by atoms with Crippen LogP contribution >= 0.6 is 0 Å². The van der Waals surface area contributed by atoms with Gasteiger partial charge in [-0.25, -0.2) is 4.79 Å². The molecule has 6 nitrogen and oxygen atoms in total. The summed E-state index contributed by atoms with van der Waals surface area (Å²) in [7, 11) is 0. The fraction of sp³-hybridized carbons (Fsp3) is 0.900. The van der Waals surface area contributed by atoms with Gasteiger partial charge >= 0.3 is 6.09 Å². The number of likely N-dealkylation sites (tertiary alicyclic amines) is 1. The predicted octanol–water partition coefficient (Wildman–Crippen LogP) is 3.07. The molecule has 0 bridgehead atoms. The summed E-state index contributed by atoms with van der Waals surface area (Å²) in [6.07, 6.45) is 9.16. The Kier molecular flexibility index (Phi) is 6.10. The molecule has 3 aliphatic rings. The molecule has 3 rings (SSSR count). The quantitative estimate of drug-likeness (QED) is 0.750. The molecule has 1 amide bonds. The van der Waals surface area contributed by atoms with E-state index in [1.54, 1.807) is 0 Å². The zero-order valence-electron chi connectivity index (χ0n) is 16.8. The van der Waals surface area contributed by atoms with Gasteiger partial charge in [-0.15, -0.1) is 0 Å². The largest absolute Gasteiger partial charge is 0.444 e. The number of nitrogens with zero attached hydrogens (tertiary/aromatic N) is 2. The lowest BCUT2D eigenvalue weighted by Crippen LogP contribution is -2.63. The van der Waals surface area contributed by atoms with Crippen LogP contribution in [0.15, 0.2) is 4.99 Å². The monoisotopic (exact) mass is 364 g/mol. The average Bonchev–Trinajstić information content (AvgIpc) is 2.78. The van der Waals surface area contributed by atoms with Crippen LogP contribution < -0.4 is 10.6 Å². The number of ether oxygens (including phenoxy) is 1. The second kappa shape index (κ2) is 8.15. The summed E-state index contributed by atoms with van der Waals surface area (Å²) in [4.78, 5) is 19.2. The minimum absolute atomic E-state index is 0.105. The van der Waals surface area contributed by atoms with Crippen molar-refractivity contribution in [1.82, 2.24) is 15.5 Å². The van der Waals surface area contributed by atoms with Gasteiger partial charge in [-0.2, -0.15) is 0 Å². The van der Waals surface area contributed by atoms with E-state index >= 15 is 0 Å². The van der Waals surface area contributed by atoms with Gasteiger partial charge in [-0.1, -0.05) is 19.3 Å². The molecule has 2 fully saturated rings. The number of piperidine rings is 1. The van der Waals surface area contributed by atoms with E-state index in [1.165, 1.54) is 32.1 Å². The molecule has 2 aliphatic heterocycles. The lowest BCUT2D eigenvalue weighted by atomic mass is 9.85. The van der Waals surface area contributed by atoms with E-state index in [1.807, 2.05) is 25.7 Å². The first-order valence-electron chi connectivity index (χ1n) is 10.4. The molecule has 0 unspecified atom stereocenters. The first-order valence-corrected chi connectivity index (χ1v) is 10.4. The van der Waals surface area contributed by atoms with Gasteiger partial charge in [0.25, 0.3) is 0 Å². The topological polar surface area (TPSA) is 66.0 Å². The molecule has 2 N–H and O–H groups in total. The van der Waals surface area contributed by atoms with E-state index in [2.05, 4.69) is 10.6 Å². The Morgan fingerprint density at radius 2 is 1.88 bits per heavy atom. The molecule has 1 aliphatic carbocycles. The van der Waals surface area contributed by atoms with Crippen LogP contribution in [0.2, 0.25) is 0 Å². The molecule has 1 saturated carbocycles. The van der Waals surface area contributed by atoms with Gasteiger partial charge in [0.2, 0.25) is 0 Å². The molecule has 0 aromatic heterocycles. The van der Waals surface area contributed by atoms with Gasteiger partial charge in [-0.3, -0.25) is 4.99 Å². The van der Waals surface area contributed by atoms with Crippen LogP contribution in [0, 0.1) is 0 Å². The zero-order valence-corrected chi connectivity index (χ0v) is 16.8. The number of hydrogen-bond acceptors (Lipinski definition) is 5. The highest BCUT2D eigenvalue weighted by atomic mass is 16.6. The predicted molar refractivity (Wildman–Crippen MR) is 105 cm³/mol. The number of hydrogen-bond donors (Lipinski definition) is 2. The van der Waals surface area contributed by atoms with Gasteiger partial charge in [0.15, 0.2) is 0 Å². The van der Waals surface area contributed by atoms with Crippen LogP contribution in [-0.4, -0.2) is 60.2 Å². The van der Waals surface area contributed by atoms with Crippen LogP contribution in [-0.2, 0) is 4.74 Å². The third-order valence-electron chi connectivity index (χ3n) is 5.74. The Labute approximate surface area is 158 Å². The highest BCUT2D eigenvalue weighted by Crippen LogP contribution is 2.27. The van der Waals surface area contributed by atoms with E-state index in [0.717, 1.165) is 38.2 Å². The average molecular weight is 365 g/mol. The molecule has 148 valence electrons. The highest BCUT2D eigenvalue weighted by Gasteiger charge is 2.42. The molecule has 0 aromatic carbocycles. The molecular formula is C20H36N4O2. The summed E-state index contributed by atoms with van der Waals surface area (Å²) < 4.78 is 5.55. The van der Waals surface area contributed by atoms with Crippen LogP contribution in [0.1, 0.15) is 72.1 Å². The van der Waals surface area contributed by atoms with Gasteiger partial charge < -0.3 is 20.3 Å². The standard InChI is InChI=1S/C20H36N4O2/c1-19(2,3)26-18(25)24-14-10-20(11-15-24)17(21-12-7-13-22-20)23-16-8-5-4-6-9-16/h16,22H,4-15H2,1-3H3,(H,21,23). The smallest absolute Gasteiger partial charge is 0.410 e. The molecule has 1 spiro atoms. The van der Waals surface area contributed by atoms with Crippen LogP contribution in [0.3, 0.4) is 0 Å². The number of carbonyl (C=O) groups excluding carboxylic acids is 1. The Morgan fingerprint density at radius 1 is 1.19 bits per heavy atom. The summed E-state index contributed by atoms with van der Waals surface area (Å²) in [5.41, 5.74) is -0.547. The lowest BCUT2D eigenvalue weighted by Gasteiger charge is -2.44. The Balaban J connectivity index is 1.64. The van der Waals surface area contributed by atoms with E-state index in [4.69, 9.17) is 9.73 Å². The number of amidine groups is 1. The SMILES string of the molecule is CC(C)(C)OC(=O)N1CCC2(CC1)NCCCN=C2NC1CCCCC1. The van der Waals surface area contributed by atoms with Crippen molar-refractivity contribution in [2.45, 2.75) is 89.3 Å². The van der Waals surface area contributed by atoms with Gasteiger partial charge in [0.1, 0.15) is 11.4 Å². The molecule has 0 atom stereocenters. The van der Waals surface area contributed by atoms with Crippen molar-refractivity contribution in [2.24, 2.45) is 4.99 Å². The summed E-state index contributed by atoms with van der Waals surface area (Å²) in [6, 6.07) is 0.558. The fourth-order valence-corrected chi connectivity index (χ4v) is 4.27. The third kappa shape index (κ3) is 4.90. The summed E-state index contributed by atoms with van der Waals surface area (Å²) in [6.45, 7) is 9.07. The van der Waals surface area contributed by atoms with Crippen LogP contribution in [0.4, 0.5) is 4.79 Å². The Hall–Kier alpha value is -1.30. The summed E-state index contributed by atoms with van der Waals surface area (Å²) in [5.74, 6) is 1.14. The van der Waals surface area contributed by atoms with Crippen molar-refractivity contribution in [3.8, 4) is 0 Å². The zero-order chi connectivity index (χ0) is 18.6. The first-order chi connectivity index (χ1) is 12.4. The first kappa shape index (κ1) is 19.5. The third-order valence-corrected chi connectivity index (χ3v) is 5.74. The molecule has 26 heavy (non-hydrogen) atoms. The minimum Gasteiger partial charge on any atom is -0.444 e. The molecular weight excluding hydrogens is 328 g/mol. The maximum atomic E-state index is 12.4. The molecule has 0 radical (unpaired) electrons. The van der Waals surface area contributed by atoms with Gasteiger partial charge in [0.05, 0.1) is 5.54 Å². The van der Waals surface area contributed by atoms with Gasteiger partial charge in [0, 0.05) is 25.7 Å². The minimum atomic E-state index is -0.443. The normalized spacial score (nSPS) is 24.7. The van der Waals surface area contributed by atoms with Crippen molar-refractivity contribution < 1.29 is 9.53 Å².